The number of thiazole rings is 1. The van der Waals surface area contributed by atoms with Crippen molar-refractivity contribution >= 4 is 29.1 Å². The van der Waals surface area contributed by atoms with Gasteiger partial charge in [0.25, 0.3) is 0 Å². The van der Waals surface area contributed by atoms with E-state index in [4.69, 9.17) is 4.74 Å². The second-order valence-electron chi connectivity index (χ2n) is 5.06. The van der Waals surface area contributed by atoms with Gasteiger partial charge in [-0.2, -0.15) is 0 Å². The van der Waals surface area contributed by atoms with Crippen molar-refractivity contribution in [2.45, 2.75) is 10.8 Å². The zero-order valence-corrected chi connectivity index (χ0v) is 15.8. The number of likely N-dealkylation sites (N-methyl/N-ethyl adjacent to an activating group) is 1. The SMILES string of the molecule is CN=C(NCCCSc1nccs1)N(C)CCOc1ccccc1. The summed E-state index contributed by atoms with van der Waals surface area (Å²) >= 11 is 3.49. The van der Waals surface area contributed by atoms with Crippen molar-refractivity contribution < 1.29 is 4.74 Å². The second-order valence-corrected chi connectivity index (χ2v) is 7.29. The number of guanidine groups is 1. The van der Waals surface area contributed by atoms with Gasteiger partial charge >= 0.3 is 0 Å². The van der Waals surface area contributed by atoms with Gasteiger partial charge in [0.2, 0.25) is 0 Å². The van der Waals surface area contributed by atoms with Crippen molar-refractivity contribution in [3.63, 3.8) is 0 Å². The molecule has 0 saturated heterocycles. The number of aromatic nitrogens is 1. The molecule has 0 spiro atoms. The molecule has 1 aromatic heterocycles. The Morgan fingerprint density at radius 3 is 2.92 bits per heavy atom. The molecular weight excluding hydrogens is 340 g/mol. The van der Waals surface area contributed by atoms with Crippen LogP contribution >= 0.6 is 23.1 Å². The Bertz CT molecular complexity index is 590. The molecule has 5 nitrogen and oxygen atoms in total. The van der Waals surface area contributed by atoms with Gasteiger partial charge in [-0.1, -0.05) is 30.0 Å². The Kier molecular flexibility index (Phi) is 8.48. The maximum absolute atomic E-state index is 5.72. The summed E-state index contributed by atoms with van der Waals surface area (Å²) in [4.78, 5) is 10.7. The van der Waals surface area contributed by atoms with E-state index in [0.29, 0.717) is 6.61 Å². The Labute approximate surface area is 152 Å². The summed E-state index contributed by atoms with van der Waals surface area (Å²) in [6.45, 7) is 2.30. The molecule has 1 aromatic carbocycles. The molecule has 0 radical (unpaired) electrons. The van der Waals surface area contributed by atoms with Crippen molar-refractivity contribution in [1.29, 1.82) is 0 Å². The lowest BCUT2D eigenvalue weighted by Gasteiger charge is -2.22. The van der Waals surface area contributed by atoms with Crippen LogP contribution in [0.4, 0.5) is 0 Å². The predicted molar refractivity (Wildman–Crippen MR) is 103 cm³/mol. The van der Waals surface area contributed by atoms with E-state index < -0.39 is 0 Å². The van der Waals surface area contributed by atoms with Crippen molar-refractivity contribution in [2.24, 2.45) is 4.99 Å². The van der Waals surface area contributed by atoms with Crippen LogP contribution in [-0.2, 0) is 0 Å². The first-order valence-corrected chi connectivity index (χ1v) is 9.78. The van der Waals surface area contributed by atoms with Gasteiger partial charge in [-0.25, -0.2) is 4.98 Å². The van der Waals surface area contributed by atoms with Crippen LogP contribution in [0.5, 0.6) is 5.75 Å². The molecule has 0 aliphatic heterocycles. The minimum atomic E-state index is 0.626. The molecule has 7 heteroatoms. The zero-order chi connectivity index (χ0) is 17.0. The molecule has 1 N–H and O–H groups in total. The van der Waals surface area contributed by atoms with E-state index in [1.165, 1.54) is 0 Å². The quantitative estimate of drug-likeness (QED) is 0.320. The molecule has 0 atom stereocenters. The largest absolute Gasteiger partial charge is 0.492 e. The maximum Gasteiger partial charge on any atom is 0.193 e. The third kappa shape index (κ3) is 6.80. The Balaban J connectivity index is 1.59. The number of para-hydroxylation sites is 1. The Hall–Kier alpha value is -1.73. The number of nitrogens with zero attached hydrogens (tertiary/aromatic N) is 3. The topological polar surface area (TPSA) is 49.8 Å². The average molecular weight is 365 g/mol. The van der Waals surface area contributed by atoms with Crippen LogP contribution in [0.3, 0.4) is 0 Å². The molecule has 0 amide bonds. The highest BCUT2D eigenvalue weighted by Gasteiger charge is 2.05. The highest BCUT2D eigenvalue weighted by Crippen LogP contribution is 2.20. The highest BCUT2D eigenvalue weighted by molar-refractivity contribution is 8.00. The summed E-state index contributed by atoms with van der Waals surface area (Å²) in [6, 6.07) is 9.87. The lowest BCUT2D eigenvalue weighted by molar-refractivity contribution is 0.281. The summed E-state index contributed by atoms with van der Waals surface area (Å²) in [5.74, 6) is 2.84. The standard InChI is InChI=1S/C17H24N4OS2/c1-18-16(19-9-6-13-23-17-20-10-14-24-17)21(2)11-12-22-15-7-4-3-5-8-15/h3-5,7-8,10,14H,6,9,11-13H2,1-2H3,(H,18,19). The average Bonchev–Trinajstić information content (AvgIpc) is 3.12. The minimum absolute atomic E-state index is 0.626. The number of rotatable bonds is 9. The van der Waals surface area contributed by atoms with E-state index in [1.807, 2.05) is 49.0 Å². The summed E-state index contributed by atoms with van der Waals surface area (Å²) < 4.78 is 6.86. The molecule has 130 valence electrons. The smallest absolute Gasteiger partial charge is 0.193 e. The van der Waals surface area contributed by atoms with Crippen molar-refractivity contribution in [3.8, 4) is 5.75 Å². The number of hydrogen-bond acceptors (Lipinski definition) is 5. The fraction of sp³-hybridized carbons (Fsp3) is 0.412. The van der Waals surface area contributed by atoms with Crippen molar-refractivity contribution in [1.82, 2.24) is 15.2 Å². The Morgan fingerprint density at radius 2 is 2.21 bits per heavy atom. The number of ether oxygens (including phenoxy) is 1. The second kappa shape index (κ2) is 10.9. The molecule has 0 unspecified atom stereocenters. The lowest BCUT2D eigenvalue weighted by Crippen LogP contribution is -2.41. The number of benzene rings is 1. The molecule has 2 aromatic rings. The van der Waals surface area contributed by atoms with Gasteiger partial charge in [0.05, 0.1) is 6.54 Å². The monoisotopic (exact) mass is 364 g/mol. The fourth-order valence-corrected chi connectivity index (χ4v) is 3.67. The molecular formula is C17H24N4OS2. The van der Waals surface area contributed by atoms with Crippen molar-refractivity contribution in [3.05, 3.63) is 41.9 Å². The first kappa shape index (κ1) is 18.6. The van der Waals surface area contributed by atoms with Crippen LogP contribution in [0, 0.1) is 0 Å². The third-order valence-electron chi connectivity index (χ3n) is 3.25. The number of nitrogens with one attached hydrogen (secondary N) is 1. The van der Waals surface area contributed by atoms with Gasteiger partial charge in [-0.05, 0) is 18.6 Å². The van der Waals surface area contributed by atoms with Crippen LogP contribution in [0.25, 0.3) is 0 Å². The van der Waals surface area contributed by atoms with Gasteiger partial charge < -0.3 is 15.0 Å². The van der Waals surface area contributed by atoms with E-state index in [-0.39, 0.29) is 0 Å². The third-order valence-corrected chi connectivity index (χ3v) is 5.30. The summed E-state index contributed by atoms with van der Waals surface area (Å²) in [5, 5.41) is 5.40. The van der Waals surface area contributed by atoms with E-state index >= 15 is 0 Å². The predicted octanol–water partition coefficient (Wildman–Crippen LogP) is 3.21. The van der Waals surface area contributed by atoms with E-state index in [9.17, 15) is 0 Å². The van der Waals surface area contributed by atoms with Gasteiger partial charge in [0.1, 0.15) is 16.7 Å². The van der Waals surface area contributed by atoms with E-state index in [1.54, 1.807) is 30.1 Å². The molecule has 1 heterocycles. The first-order chi connectivity index (χ1) is 11.8. The molecule has 0 saturated carbocycles. The molecule has 0 fully saturated rings. The maximum atomic E-state index is 5.72. The number of hydrogen-bond donors (Lipinski definition) is 1. The lowest BCUT2D eigenvalue weighted by atomic mass is 10.3. The normalized spacial score (nSPS) is 11.3. The van der Waals surface area contributed by atoms with Crippen LogP contribution < -0.4 is 10.1 Å². The van der Waals surface area contributed by atoms with Crippen LogP contribution in [0.2, 0.25) is 0 Å². The van der Waals surface area contributed by atoms with E-state index in [2.05, 4.69) is 20.2 Å². The van der Waals surface area contributed by atoms with Gasteiger partial charge in [-0.3, -0.25) is 4.99 Å². The number of thioether (sulfide) groups is 1. The molecule has 24 heavy (non-hydrogen) atoms. The fourth-order valence-electron chi connectivity index (χ4n) is 2.02. The summed E-state index contributed by atoms with van der Waals surface area (Å²) in [7, 11) is 3.83. The van der Waals surface area contributed by atoms with Gasteiger partial charge in [-0.15, -0.1) is 11.3 Å². The van der Waals surface area contributed by atoms with Gasteiger partial charge in [0, 0.05) is 38.0 Å². The summed E-state index contributed by atoms with van der Waals surface area (Å²) in [5.41, 5.74) is 0. The molecule has 0 aliphatic rings. The molecule has 0 aliphatic carbocycles. The molecule has 0 bridgehead atoms. The van der Waals surface area contributed by atoms with Crippen LogP contribution in [-0.4, -0.2) is 55.4 Å². The van der Waals surface area contributed by atoms with Crippen LogP contribution in [0.1, 0.15) is 6.42 Å². The first-order valence-electron chi connectivity index (χ1n) is 7.91. The highest BCUT2D eigenvalue weighted by atomic mass is 32.2. The molecule has 2 rings (SSSR count). The van der Waals surface area contributed by atoms with Crippen LogP contribution in [0.15, 0.2) is 51.2 Å². The van der Waals surface area contributed by atoms with E-state index in [0.717, 1.165) is 41.3 Å². The number of aliphatic imine (C=N–C) groups is 1. The summed E-state index contributed by atoms with van der Waals surface area (Å²) in [6.07, 6.45) is 2.91. The van der Waals surface area contributed by atoms with Gasteiger partial charge in [0.15, 0.2) is 5.96 Å². The Morgan fingerprint density at radius 1 is 1.38 bits per heavy atom. The minimum Gasteiger partial charge on any atom is -0.492 e. The zero-order valence-electron chi connectivity index (χ0n) is 14.1. The van der Waals surface area contributed by atoms with Crippen molar-refractivity contribution in [2.75, 3.05) is 39.5 Å².